The van der Waals surface area contributed by atoms with Crippen LogP contribution in [0.1, 0.15) is 26.7 Å². The van der Waals surface area contributed by atoms with Gasteiger partial charge in [0.1, 0.15) is 0 Å². The lowest BCUT2D eigenvalue weighted by molar-refractivity contribution is -0.121. The highest BCUT2D eigenvalue weighted by Crippen LogP contribution is 2.31. The Hall–Kier alpha value is -1.13. The number of anilines is 1. The molecule has 0 radical (unpaired) electrons. The third-order valence-corrected chi connectivity index (χ3v) is 3.75. The molecule has 1 aromatic rings. The number of halogens is 1. The molecule has 4 nitrogen and oxygen atoms in total. The van der Waals surface area contributed by atoms with Gasteiger partial charge in [-0.05, 0) is 30.9 Å². The molecule has 2 heterocycles. The molecule has 18 heavy (non-hydrogen) atoms. The van der Waals surface area contributed by atoms with E-state index in [1.54, 1.807) is 18.5 Å². The lowest BCUT2D eigenvalue weighted by atomic mass is 9.77. The van der Waals surface area contributed by atoms with E-state index in [1.807, 2.05) is 0 Å². The number of rotatable bonds is 2. The molecular formula is C13H18ClN3O. The summed E-state index contributed by atoms with van der Waals surface area (Å²) < 4.78 is 0. The van der Waals surface area contributed by atoms with E-state index in [0.29, 0.717) is 10.7 Å². The fraction of sp³-hybridized carbons (Fsp3) is 0.538. The number of pyridine rings is 1. The van der Waals surface area contributed by atoms with Crippen molar-refractivity contribution in [3.63, 3.8) is 0 Å². The Morgan fingerprint density at radius 1 is 1.61 bits per heavy atom. The van der Waals surface area contributed by atoms with Crippen molar-refractivity contribution in [3.05, 3.63) is 23.5 Å². The number of hydrogen-bond donors (Lipinski definition) is 2. The summed E-state index contributed by atoms with van der Waals surface area (Å²) in [6.45, 7) is 5.09. The summed E-state index contributed by atoms with van der Waals surface area (Å²) in [5.41, 5.74) is 0.518. The maximum atomic E-state index is 12.3. The van der Waals surface area contributed by atoms with Gasteiger partial charge in [-0.15, -0.1) is 0 Å². The lowest BCUT2D eigenvalue weighted by Gasteiger charge is -2.38. The van der Waals surface area contributed by atoms with E-state index in [-0.39, 0.29) is 17.4 Å². The van der Waals surface area contributed by atoms with Crippen LogP contribution in [0.15, 0.2) is 18.5 Å². The zero-order valence-electron chi connectivity index (χ0n) is 10.7. The van der Waals surface area contributed by atoms with Crippen LogP contribution in [0, 0.1) is 5.41 Å². The number of carbonyl (C=O) groups excluding carboxylic acids is 1. The van der Waals surface area contributed by atoms with Gasteiger partial charge in [0.25, 0.3) is 0 Å². The van der Waals surface area contributed by atoms with E-state index < -0.39 is 0 Å². The van der Waals surface area contributed by atoms with E-state index in [2.05, 4.69) is 29.5 Å². The molecule has 1 amide bonds. The number of nitrogens with one attached hydrogen (secondary N) is 2. The summed E-state index contributed by atoms with van der Waals surface area (Å²) in [5.74, 6) is -0.0467. The van der Waals surface area contributed by atoms with Crippen LogP contribution in [0.2, 0.25) is 5.02 Å². The normalized spacial score (nSPS) is 22.5. The number of aromatic nitrogens is 1. The third-order valence-electron chi connectivity index (χ3n) is 3.42. The Bertz CT molecular complexity index is 448. The largest absolute Gasteiger partial charge is 0.322 e. The van der Waals surface area contributed by atoms with Crippen molar-refractivity contribution in [2.75, 3.05) is 11.9 Å². The summed E-state index contributed by atoms with van der Waals surface area (Å²) >= 11 is 6.00. The van der Waals surface area contributed by atoms with E-state index in [9.17, 15) is 4.79 Å². The van der Waals surface area contributed by atoms with Crippen molar-refractivity contribution in [1.29, 1.82) is 0 Å². The molecule has 1 saturated heterocycles. The maximum Gasteiger partial charge on any atom is 0.242 e. The molecule has 0 aliphatic carbocycles. The molecule has 0 spiro atoms. The molecule has 98 valence electrons. The van der Waals surface area contributed by atoms with Gasteiger partial charge in [-0.1, -0.05) is 25.4 Å². The molecule has 1 aromatic heterocycles. The smallest absolute Gasteiger partial charge is 0.242 e. The Morgan fingerprint density at radius 3 is 3.06 bits per heavy atom. The van der Waals surface area contributed by atoms with Gasteiger partial charge in [-0.3, -0.25) is 9.78 Å². The molecule has 1 unspecified atom stereocenters. The summed E-state index contributed by atoms with van der Waals surface area (Å²) in [6.07, 6.45) is 5.31. The van der Waals surface area contributed by atoms with Crippen molar-refractivity contribution >= 4 is 23.2 Å². The molecule has 2 rings (SSSR count). The molecule has 1 aliphatic rings. The van der Waals surface area contributed by atoms with Crippen LogP contribution in [-0.4, -0.2) is 23.5 Å². The highest BCUT2D eigenvalue weighted by Gasteiger charge is 2.37. The maximum absolute atomic E-state index is 12.3. The fourth-order valence-electron chi connectivity index (χ4n) is 2.33. The predicted octanol–water partition coefficient (Wildman–Crippen LogP) is 2.45. The number of carbonyl (C=O) groups is 1. The van der Waals surface area contributed by atoms with Gasteiger partial charge in [-0.25, -0.2) is 0 Å². The highest BCUT2D eigenvalue weighted by atomic mass is 35.5. The summed E-state index contributed by atoms with van der Waals surface area (Å²) in [4.78, 5) is 16.2. The van der Waals surface area contributed by atoms with E-state index in [0.717, 1.165) is 19.4 Å². The first-order chi connectivity index (χ1) is 8.50. The van der Waals surface area contributed by atoms with Gasteiger partial charge < -0.3 is 10.6 Å². The summed E-state index contributed by atoms with van der Waals surface area (Å²) in [7, 11) is 0. The minimum absolute atomic E-state index is 0.0446. The average Bonchev–Trinajstić information content (AvgIpc) is 2.31. The van der Waals surface area contributed by atoms with Crippen LogP contribution >= 0.6 is 11.6 Å². The number of hydrogen-bond acceptors (Lipinski definition) is 3. The first kappa shape index (κ1) is 13.3. The van der Waals surface area contributed by atoms with Gasteiger partial charge in [0.15, 0.2) is 0 Å². The number of amides is 1. The quantitative estimate of drug-likeness (QED) is 0.865. The molecule has 0 aromatic carbocycles. The predicted molar refractivity (Wildman–Crippen MR) is 72.7 cm³/mol. The Balaban J connectivity index is 2.10. The molecule has 0 saturated carbocycles. The van der Waals surface area contributed by atoms with Gasteiger partial charge >= 0.3 is 0 Å². The Morgan fingerprint density at radius 2 is 2.39 bits per heavy atom. The van der Waals surface area contributed by atoms with Crippen molar-refractivity contribution < 1.29 is 4.79 Å². The molecule has 5 heteroatoms. The monoisotopic (exact) mass is 267 g/mol. The van der Waals surface area contributed by atoms with Gasteiger partial charge in [0.2, 0.25) is 5.91 Å². The first-order valence-corrected chi connectivity index (χ1v) is 6.52. The van der Waals surface area contributed by atoms with Crippen molar-refractivity contribution in [3.8, 4) is 0 Å². The van der Waals surface area contributed by atoms with Crippen molar-refractivity contribution in [1.82, 2.24) is 10.3 Å². The third kappa shape index (κ3) is 2.82. The van der Waals surface area contributed by atoms with Crippen LogP contribution in [0.25, 0.3) is 0 Å². The minimum Gasteiger partial charge on any atom is -0.322 e. The topological polar surface area (TPSA) is 54.0 Å². The second-order valence-electron chi connectivity index (χ2n) is 5.32. The Labute approximate surface area is 112 Å². The average molecular weight is 268 g/mol. The van der Waals surface area contributed by atoms with Crippen LogP contribution in [-0.2, 0) is 4.79 Å². The minimum atomic E-state index is -0.192. The molecule has 0 bridgehead atoms. The Kier molecular flexibility index (Phi) is 3.88. The van der Waals surface area contributed by atoms with E-state index >= 15 is 0 Å². The van der Waals surface area contributed by atoms with Crippen LogP contribution in [0.5, 0.6) is 0 Å². The molecular weight excluding hydrogens is 250 g/mol. The highest BCUT2D eigenvalue weighted by molar-refractivity contribution is 6.33. The second-order valence-corrected chi connectivity index (χ2v) is 5.73. The van der Waals surface area contributed by atoms with Crippen molar-refractivity contribution in [2.45, 2.75) is 32.7 Å². The molecule has 1 aliphatic heterocycles. The summed E-state index contributed by atoms with van der Waals surface area (Å²) in [6, 6.07) is 1.47. The molecule has 1 atom stereocenters. The zero-order valence-corrected chi connectivity index (χ0v) is 11.4. The zero-order chi connectivity index (χ0) is 13.2. The second kappa shape index (κ2) is 5.24. The van der Waals surface area contributed by atoms with E-state index in [1.165, 1.54) is 0 Å². The number of nitrogens with zero attached hydrogens (tertiary/aromatic N) is 1. The lowest BCUT2D eigenvalue weighted by Crippen LogP contribution is -2.53. The van der Waals surface area contributed by atoms with Gasteiger partial charge in [0.05, 0.1) is 22.9 Å². The summed E-state index contributed by atoms with van der Waals surface area (Å²) in [5, 5.41) is 6.62. The van der Waals surface area contributed by atoms with E-state index in [4.69, 9.17) is 11.6 Å². The van der Waals surface area contributed by atoms with Crippen LogP contribution in [0.4, 0.5) is 5.69 Å². The first-order valence-electron chi connectivity index (χ1n) is 6.14. The molecule has 1 fully saturated rings. The standard InChI is InChI=1S/C13H18ClN3O/c1-13(2)5-3-6-16-11(13)12(18)17-10-8-15-7-4-9(10)14/h4,7-8,11,16H,3,5-6H2,1-2H3,(H,17,18). The van der Waals surface area contributed by atoms with Crippen LogP contribution < -0.4 is 10.6 Å². The SMILES string of the molecule is CC1(C)CCCNC1C(=O)Nc1cnccc1Cl. The van der Waals surface area contributed by atoms with Gasteiger partial charge in [-0.2, -0.15) is 0 Å². The van der Waals surface area contributed by atoms with Crippen LogP contribution in [0.3, 0.4) is 0 Å². The fourth-order valence-corrected chi connectivity index (χ4v) is 2.49. The van der Waals surface area contributed by atoms with Crippen molar-refractivity contribution in [2.24, 2.45) is 5.41 Å². The van der Waals surface area contributed by atoms with Gasteiger partial charge in [0, 0.05) is 6.20 Å². The molecule has 2 N–H and O–H groups in total. The number of piperidine rings is 1.